The fourth-order valence-electron chi connectivity index (χ4n) is 3.44. The molecule has 1 unspecified atom stereocenters. The van der Waals surface area contributed by atoms with Crippen molar-refractivity contribution in [1.29, 1.82) is 0 Å². The second-order valence-corrected chi connectivity index (χ2v) is 6.27. The zero-order valence-corrected chi connectivity index (χ0v) is 13.6. The van der Waals surface area contributed by atoms with Crippen molar-refractivity contribution >= 4 is 22.5 Å². The third-order valence-electron chi connectivity index (χ3n) is 4.72. The van der Waals surface area contributed by atoms with E-state index in [0.717, 1.165) is 36.1 Å². The average Bonchev–Trinajstić information content (AvgIpc) is 3.10. The molecule has 1 aliphatic rings. The number of hydrogen-bond donors (Lipinski definition) is 1. The molecule has 1 fully saturated rings. The highest BCUT2D eigenvalue weighted by Gasteiger charge is 2.29. The lowest BCUT2D eigenvalue weighted by molar-refractivity contribution is 0.0676. The largest absolute Gasteiger partial charge is 0.368 e. The summed E-state index contributed by atoms with van der Waals surface area (Å²) in [4.78, 5) is 17.3. The smallest absolute Gasteiger partial charge is 0.254 e. The Bertz CT molecular complexity index is 858. The van der Waals surface area contributed by atoms with E-state index in [1.54, 1.807) is 6.20 Å². The number of amides is 1. The Morgan fingerprint density at radius 3 is 2.75 bits per heavy atom. The Kier molecular flexibility index (Phi) is 3.69. The quantitative estimate of drug-likeness (QED) is 0.790. The van der Waals surface area contributed by atoms with Gasteiger partial charge in [-0.25, -0.2) is 0 Å². The van der Waals surface area contributed by atoms with Gasteiger partial charge in [-0.3, -0.25) is 9.89 Å². The second kappa shape index (κ2) is 6.00. The van der Waals surface area contributed by atoms with Crippen molar-refractivity contribution in [2.75, 3.05) is 24.5 Å². The van der Waals surface area contributed by atoms with Gasteiger partial charge < -0.3 is 9.80 Å². The molecule has 1 aromatic heterocycles. The van der Waals surface area contributed by atoms with E-state index >= 15 is 0 Å². The molecule has 2 heterocycles. The molecule has 122 valence electrons. The Hall–Kier alpha value is -2.82. The van der Waals surface area contributed by atoms with Gasteiger partial charge in [0.1, 0.15) is 0 Å². The molecule has 2 aromatic carbocycles. The maximum Gasteiger partial charge on any atom is 0.254 e. The molecule has 1 amide bonds. The summed E-state index contributed by atoms with van der Waals surface area (Å²) in [5.41, 5.74) is 2.84. The SMILES string of the molecule is CC1CN(c2ccccc2)CCN1C(=O)c1cccc2[nH]ncc12. The summed E-state index contributed by atoms with van der Waals surface area (Å²) in [6, 6.07) is 16.3. The standard InChI is InChI=1S/C19H20N4O/c1-14-13-22(15-6-3-2-4-7-15)10-11-23(14)19(24)16-8-5-9-18-17(16)12-20-21-18/h2-9,12,14H,10-11,13H2,1H3,(H,20,21). The van der Waals surface area contributed by atoms with E-state index in [1.165, 1.54) is 5.69 Å². The van der Waals surface area contributed by atoms with Crippen LogP contribution in [0.5, 0.6) is 0 Å². The number of aromatic nitrogens is 2. The Morgan fingerprint density at radius 1 is 1.12 bits per heavy atom. The first-order chi connectivity index (χ1) is 11.7. The van der Waals surface area contributed by atoms with Gasteiger partial charge in [0.15, 0.2) is 0 Å². The first-order valence-corrected chi connectivity index (χ1v) is 8.27. The van der Waals surface area contributed by atoms with Crippen LogP contribution in [-0.2, 0) is 0 Å². The zero-order valence-electron chi connectivity index (χ0n) is 13.6. The van der Waals surface area contributed by atoms with Crippen LogP contribution in [0.1, 0.15) is 17.3 Å². The Morgan fingerprint density at radius 2 is 1.96 bits per heavy atom. The molecule has 0 radical (unpaired) electrons. The molecule has 4 rings (SSSR count). The van der Waals surface area contributed by atoms with E-state index in [0.29, 0.717) is 0 Å². The molecule has 5 nitrogen and oxygen atoms in total. The van der Waals surface area contributed by atoms with E-state index in [4.69, 9.17) is 0 Å². The summed E-state index contributed by atoms with van der Waals surface area (Å²) < 4.78 is 0. The van der Waals surface area contributed by atoms with Gasteiger partial charge in [-0.05, 0) is 31.2 Å². The van der Waals surface area contributed by atoms with Gasteiger partial charge in [0, 0.05) is 36.7 Å². The van der Waals surface area contributed by atoms with Crippen LogP contribution in [0.4, 0.5) is 5.69 Å². The fraction of sp³-hybridized carbons (Fsp3) is 0.263. The van der Waals surface area contributed by atoms with Crippen molar-refractivity contribution in [3.05, 3.63) is 60.3 Å². The van der Waals surface area contributed by atoms with Gasteiger partial charge in [0.25, 0.3) is 5.91 Å². The fourth-order valence-corrected chi connectivity index (χ4v) is 3.44. The summed E-state index contributed by atoms with van der Waals surface area (Å²) in [7, 11) is 0. The van der Waals surface area contributed by atoms with Crippen molar-refractivity contribution in [1.82, 2.24) is 15.1 Å². The number of anilines is 1. The number of H-pyrrole nitrogens is 1. The normalized spacial score (nSPS) is 18.1. The second-order valence-electron chi connectivity index (χ2n) is 6.27. The Balaban J connectivity index is 1.55. The maximum atomic E-state index is 13.0. The van der Waals surface area contributed by atoms with E-state index in [1.807, 2.05) is 29.2 Å². The zero-order chi connectivity index (χ0) is 16.5. The van der Waals surface area contributed by atoms with Crippen molar-refractivity contribution < 1.29 is 4.79 Å². The summed E-state index contributed by atoms with van der Waals surface area (Å²) in [5, 5.41) is 7.87. The van der Waals surface area contributed by atoms with Crippen LogP contribution in [0.15, 0.2) is 54.7 Å². The van der Waals surface area contributed by atoms with Gasteiger partial charge in [-0.2, -0.15) is 5.10 Å². The van der Waals surface area contributed by atoms with Gasteiger partial charge >= 0.3 is 0 Å². The van der Waals surface area contributed by atoms with Crippen LogP contribution >= 0.6 is 0 Å². The number of benzene rings is 2. The van der Waals surface area contributed by atoms with Gasteiger partial charge in [0.2, 0.25) is 0 Å². The van der Waals surface area contributed by atoms with E-state index in [-0.39, 0.29) is 11.9 Å². The molecule has 24 heavy (non-hydrogen) atoms. The van der Waals surface area contributed by atoms with E-state index < -0.39 is 0 Å². The number of piperazine rings is 1. The van der Waals surface area contributed by atoms with Crippen LogP contribution in [0.3, 0.4) is 0 Å². The molecular weight excluding hydrogens is 300 g/mol. The summed E-state index contributed by atoms with van der Waals surface area (Å²) in [6.07, 6.45) is 1.73. The van der Waals surface area contributed by atoms with Crippen LogP contribution in [0.2, 0.25) is 0 Å². The number of carbonyl (C=O) groups is 1. The average molecular weight is 320 g/mol. The third-order valence-corrected chi connectivity index (χ3v) is 4.72. The third kappa shape index (κ3) is 2.52. The summed E-state index contributed by atoms with van der Waals surface area (Å²) in [5.74, 6) is 0.0854. The molecule has 0 aliphatic carbocycles. The molecule has 0 bridgehead atoms. The van der Waals surface area contributed by atoms with Gasteiger partial charge in [-0.1, -0.05) is 24.3 Å². The molecule has 1 atom stereocenters. The first-order valence-electron chi connectivity index (χ1n) is 8.27. The molecule has 0 saturated carbocycles. The van der Waals surface area contributed by atoms with E-state index in [2.05, 4.69) is 46.3 Å². The maximum absolute atomic E-state index is 13.0. The molecule has 1 saturated heterocycles. The number of rotatable bonds is 2. The van der Waals surface area contributed by atoms with Crippen LogP contribution in [0.25, 0.3) is 10.9 Å². The predicted octanol–water partition coefficient (Wildman–Crippen LogP) is 2.91. The molecule has 1 aliphatic heterocycles. The summed E-state index contributed by atoms with van der Waals surface area (Å²) in [6.45, 7) is 4.53. The monoisotopic (exact) mass is 320 g/mol. The number of nitrogens with zero attached hydrogens (tertiary/aromatic N) is 3. The minimum Gasteiger partial charge on any atom is -0.368 e. The molecule has 1 N–H and O–H groups in total. The predicted molar refractivity (Wildman–Crippen MR) is 95.2 cm³/mol. The van der Waals surface area contributed by atoms with Gasteiger partial charge in [-0.15, -0.1) is 0 Å². The number of aromatic amines is 1. The van der Waals surface area contributed by atoms with Crippen molar-refractivity contribution in [2.45, 2.75) is 13.0 Å². The van der Waals surface area contributed by atoms with Crippen molar-refractivity contribution in [3.8, 4) is 0 Å². The number of carbonyl (C=O) groups excluding carboxylic acids is 1. The van der Waals surface area contributed by atoms with Crippen LogP contribution < -0.4 is 4.90 Å². The lowest BCUT2D eigenvalue weighted by Gasteiger charge is -2.41. The first kappa shape index (κ1) is 14.8. The van der Waals surface area contributed by atoms with E-state index in [9.17, 15) is 4.79 Å². The highest BCUT2D eigenvalue weighted by atomic mass is 16.2. The summed E-state index contributed by atoms with van der Waals surface area (Å²) >= 11 is 0. The number of nitrogens with one attached hydrogen (secondary N) is 1. The molecule has 0 spiro atoms. The number of para-hydroxylation sites is 1. The van der Waals surface area contributed by atoms with Crippen molar-refractivity contribution in [2.24, 2.45) is 0 Å². The minimum absolute atomic E-state index is 0.0854. The molecular formula is C19H20N4O. The topological polar surface area (TPSA) is 52.2 Å². The number of hydrogen-bond acceptors (Lipinski definition) is 3. The molecule has 3 aromatic rings. The van der Waals surface area contributed by atoms with Crippen LogP contribution in [-0.4, -0.2) is 46.7 Å². The van der Waals surface area contributed by atoms with Crippen LogP contribution in [0, 0.1) is 0 Å². The lowest BCUT2D eigenvalue weighted by atomic mass is 10.1. The lowest BCUT2D eigenvalue weighted by Crippen LogP contribution is -2.54. The highest BCUT2D eigenvalue weighted by molar-refractivity contribution is 6.06. The Labute approximate surface area is 140 Å². The highest BCUT2D eigenvalue weighted by Crippen LogP contribution is 2.23. The molecule has 5 heteroatoms. The minimum atomic E-state index is 0.0854. The van der Waals surface area contributed by atoms with Gasteiger partial charge in [0.05, 0.1) is 17.3 Å². The van der Waals surface area contributed by atoms with Crippen molar-refractivity contribution in [3.63, 3.8) is 0 Å². The number of fused-ring (bicyclic) bond motifs is 1.